The molecule has 12 heteroatoms. The molecule has 3 aliphatic heterocycles. The highest BCUT2D eigenvalue weighted by molar-refractivity contribution is 5.90. The Balaban J connectivity index is 1.21. The average molecular weight is 607 g/mol. The van der Waals surface area contributed by atoms with Crippen LogP contribution >= 0.6 is 0 Å². The topological polar surface area (TPSA) is 135 Å². The van der Waals surface area contributed by atoms with E-state index < -0.39 is 29.1 Å². The number of likely N-dealkylation sites (tertiary alicyclic amines) is 1. The fraction of sp³-hybridized carbons (Fsp3) is 0.406. The van der Waals surface area contributed by atoms with Crippen molar-refractivity contribution in [2.24, 2.45) is 0 Å². The zero-order valence-electron chi connectivity index (χ0n) is 24.6. The van der Waals surface area contributed by atoms with Crippen LogP contribution in [0.1, 0.15) is 54.5 Å². The Morgan fingerprint density at radius 3 is 2.73 bits per heavy atom. The molecule has 1 unspecified atom stereocenters. The molecule has 44 heavy (non-hydrogen) atoms. The van der Waals surface area contributed by atoms with Crippen LogP contribution in [0.3, 0.4) is 0 Å². The number of aliphatic hydroxyl groups is 1. The number of carbonyl (C=O) groups is 1. The van der Waals surface area contributed by atoms with Crippen molar-refractivity contribution in [3.63, 3.8) is 0 Å². The van der Waals surface area contributed by atoms with Crippen molar-refractivity contribution < 1.29 is 23.4 Å². The summed E-state index contributed by atoms with van der Waals surface area (Å²) < 4.78 is 36.7. The standard InChI is InChI=1S/C32H36F2N6O4/c1-4-17(2)37-11-18(3)36-7-5-6-32(34)15-39(16-32)12-21-19-8-25(35)24(33)10-26(19)38-28-22(21)13-40-27(28)9-20-23(30(40)42)14-44-31(43)29(20)41/h8-10,29,36-37,41H,2-7,11-16,35H2,1H3. The van der Waals surface area contributed by atoms with Gasteiger partial charge in [0.25, 0.3) is 5.56 Å². The summed E-state index contributed by atoms with van der Waals surface area (Å²) in [6.07, 6.45) is 0.291. The van der Waals surface area contributed by atoms with E-state index in [1.165, 1.54) is 16.7 Å². The molecule has 10 nitrogen and oxygen atoms in total. The van der Waals surface area contributed by atoms with Gasteiger partial charge in [0.2, 0.25) is 0 Å². The summed E-state index contributed by atoms with van der Waals surface area (Å²) in [5.74, 6) is -1.45. The maximum Gasteiger partial charge on any atom is 0.340 e. The predicted molar refractivity (Wildman–Crippen MR) is 163 cm³/mol. The predicted octanol–water partition coefficient (Wildman–Crippen LogP) is 3.16. The summed E-state index contributed by atoms with van der Waals surface area (Å²) in [6.45, 7) is 11.9. The molecular weight excluding hydrogens is 570 g/mol. The second-order valence-electron chi connectivity index (χ2n) is 11.9. The number of cyclic esters (lactones) is 1. The van der Waals surface area contributed by atoms with Crippen molar-refractivity contribution in [3.05, 3.63) is 81.2 Å². The van der Waals surface area contributed by atoms with Gasteiger partial charge in [-0.3, -0.25) is 9.69 Å². The molecule has 0 spiro atoms. The molecule has 0 saturated carbocycles. The van der Waals surface area contributed by atoms with Crippen molar-refractivity contribution in [2.75, 3.05) is 31.9 Å². The third kappa shape index (κ3) is 5.32. The number of nitrogen functional groups attached to an aromatic ring is 1. The molecule has 0 radical (unpaired) electrons. The first kappa shape index (κ1) is 29.8. The number of allylic oxidation sites excluding steroid dienone is 1. The van der Waals surface area contributed by atoms with Gasteiger partial charge in [0, 0.05) is 60.2 Å². The number of hydrogen-bond acceptors (Lipinski definition) is 9. The molecule has 1 atom stereocenters. The van der Waals surface area contributed by atoms with Crippen LogP contribution < -0.4 is 21.9 Å². The van der Waals surface area contributed by atoms with E-state index in [9.17, 15) is 19.1 Å². The molecule has 1 fully saturated rings. The van der Waals surface area contributed by atoms with Crippen molar-refractivity contribution in [1.29, 1.82) is 0 Å². The molecule has 0 aliphatic carbocycles. The highest BCUT2D eigenvalue weighted by Crippen LogP contribution is 2.40. The first-order valence-electron chi connectivity index (χ1n) is 14.7. The molecule has 5 N–H and O–H groups in total. The van der Waals surface area contributed by atoms with Crippen LogP contribution in [-0.2, 0) is 29.2 Å². The summed E-state index contributed by atoms with van der Waals surface area (Å²) in [5, 5.41) is 17.5. The Kier molecular flexibility index (Phi) is 7.66. The lowest BCUT2D eigenvalue weighted by atomic mass is 9.89. The van der Waals surface area contributed by atoms with E-state index in [1.807, 2.05) is 11.8 Å². The van der Waals surface area contributed by atoms with Gasteiger partial charge in [0.15, 0.2) is 6.10 Å². The molecule has 0 amide bonds. The number of anilines is 1. The van der Waals surface area contributed by atoms with Crippen LogP contribution in [0.5, 0.6) is 0 Å². The first-order chi connectivity index (χ1) is 21.0. The summed E-state index contributed by atoms with van der Waals surface area (Å²) >= 11 is 0. The summed E-state index contributed by atoms with van der Waals surface area (Å²) in [4.78, 5) is 32.1. The van der Waals surface area contributed by atoms with Gasteiger partial charge in [0.05, 0.1) is 41.2 Å². The van der Waals surface area contributed by atoms with Gasteiger partial charge >= 0.3 is 5.97 Å². The van der Waals surface area contributed by atoms with Crippen LogP contribution in [0.2, 0.25) is 0 Å². The highest BCUT2D eigenvalue weighted by Gasteiger charge is 2.43. The van der Waals surface area contributed by atoms with E-state index in [-0.39, 0.29) is 43.1 Å². The fourth-order valence-corrected chi connectivity index (χ4v) is 6.27. The number of halogens is 2. The molecule has 3 aliphatic rings. The number of fused-ring (bicyclic) bond motifs is 5. The quantitative estimate of drug-likeness (QED) is 0.115. The number of nitrogens with two attached hydrogens (primary N) is 1. The summed E-state index contributed by atoms with van der Waals surface area (Å²) in [7, 11) is 0. The minimum absolute atomic E-state index is 0.0332. The SMILES string of the molecule is C=C(CC)NCC(=C)NCCCC1(F)CN(Cc2c3c(nc4cc(F)c(N)cc24)-c2cc4c(c(=O)n2C3)COC(=O)C4O)C1. The maximum absolute atomic E-state index is 15.6. The zero-order chi connectivity index (χ0) is 31.3. The monoisotopic (exact) mass is 606 g/mol. The highest BCUT2D eigenvalue weighted by atomic mass is 19.1. The molecule has 5 heterocycles. The molecule has 2 aromatic heterocycles. The zero-order valence-corrected chi connectivity index (χ0v) is 24.6. The lowest BCUT2D eigenvalue weighted by Crippen LogP contribution is -2.58. The van der Waals surface area contributed by atoms with E-state index in [0.29, 0.717) is 54.8 Å². The van der Waals surface area contributed by atoms with E-state index in [2.05, 4.69) is 23.8 Å². The number of nitrogens with zero attached hydrogens (tertiary/aromatic N) is 3. The number of hydrogen-bond donors (Lipinski definition) is 4. The van der Waals surface area contributed by atoms with Crippen molar-refractivity contribution in [2.45, 2.75) is 57.7 Å². The van der Waals surface area contributed by atoms with E-state index in [0.717, 1.165) is 28.9 Å². The number of carbonyl (C=O) groups excluding carboxylic acids is 1. The maximum atomic E-state index is 15.6. The van der Waals surface area contributed by atoms with Crippen molar-refractivity contribution in [3.8, 4) is 11.4 Å². The second kappa shape index (κ2) is 11.3. The van der Waals surface area contributed by atoms with Crippen molar-refractivity contribution >= 4 is 22.6 Å². The molecular formula is C32H36F2N6O4. The van der Waals surface area contributed by atoms with Gasteiger partial charge in [-0.1, -0.05) is 20.1 Å². The lowest BCUT2D eigenvalue weighted by Gasteiger charge is -2.45. The smallest absolute Gasteiger partial charge is 0.340 e. The number of rotatable bonds is 11. The molecule has 3 aromatic rings. The molecule has 1 saturated heterocycles. The Labute approximate surface area is 253 Å². The largest absolute Gasteiger partial charge is 0.458 e. The molecule has 6 rings (SSSR count). The average Bonchev–Trinajstić information content (AvgIpc) is 3.34. The van der Waals surface area contributed by atoms with Crippen LogP contribution in [0.15, 0.2) is 47.5 Å². The fourth-order valence-electron chi connectivity index (χ4n) is 6.27. The van der Waals surface area contributed by atoms with Gasteiger partial charge in [-0.15, -0.1) is 0 Å². The van der Waals surface area contributed by atoms with Gasteiger partial charge in [-0.05, 0) is 37.0 Å². The summed E-state index contributed by atoms with van der Waals surface area (Å²) in [5.41, 5.74) is 9.08. The third-order valence-electron chi connectivity index (χ3n) is 8.74. The lowest BCUT2D eigenvalue weighted by molar-refractivity contribution is -0.157. The van der Waals surface area contributed by atoms with Crippen LogP contribution in [0, 0.1) is 5.82 Å². The van der Waals surface area contributed by atoms with E-state index in [1.54, 1.807) is 6.07 Å². The number of esters is 1. The van der Waals surface area contributed by atoms with Crippen LogP contribution in [0.25, 0.3) is 22.3 Å². The number of alkyl halides is 1. The van der Waals surface area contributed by atoms with Crippen molar-refractivity contribution in [1.82, 2.24) is 25.1 Å². The number of aromatic nitrogens is 2. The molecule has 1 aromatic carbocycles. The normalized spacial score (nSPS) is 18.2. The van der Waals surface area contributed by atoms with Gasteiger partial charge in [0.1, 0.15) is 18.1 Å². The summed E-state index contributed by atoms with van der Waals surface area (Å²) in [6, 6.07) is 4.37. The first-order valence-corrected chi connectivity index (χ1v) is 14.7. The van der Waals surface area contributed by atoms with Gasteiger partial charge in [-0.25, -0.2) is 18.6 Å². The van der Waals surface area contributed by atoms with Crippen LogP contribution in [-0.4, -0.2) is 57.4 Å². The number of pyridine rings is 2. The van der Waals surface area contributed by atoms with Crippen LogP contribution in [0.4, 0.5) is 14.5 Å². The second-order valence-corrected chi connectivity index (χ2v) is 11.9. The van der Waals surface area contributed by atoms with E-state index in [4.69, 9.17) is 15.5 Å². The Morgan fingerprint density at radius 1 is 1.20 bits per heavy atom. The third-order valence-corrected chi connectivity index (χ3v) is 8.74. The van der Waals surface area contributed by atoms with E-state index >= 15 is 4.39 Å². The number of benzene rings is 1. The number of nitrogens with one attached hydrogen (secondary N) is 2. The minimum Gasteiger partial charge on any atom is -0.458 e. The molecule has 0 bridgehead atoms. The number of aliphatic hydroxyl groups excluding tert-OH is 1. The Morgan fingerprint density at radius 2 is 1.98 bits per heavy atom. The molecule has 232 valence electrons. The van der Waals surface area contributed by atoms with Gasteiger partial charge < -0.3 is 30.8 Å². The Hall–Kier alpha value is -4.29. The minimum atomic E-state index is -1.58. The van der Waals surface area contributed by atoms with Gasteiger partial charge in [-0.2, -0.15) is 0 Å². The number of ether oxygens (including phenoxy) is 1. The Bertz CT molecular complexity index is 1760.